The summed E-state index contributed by atoms with van der Waals surface area (Å²) in [6.07, 6.45) is 0.793. The summed E-state index contributed by atoms with van der Waals surface area (Å²) in [6, 6.07) is 10.8. The quantitative estimate of drug-likeness (QED) is 0.912. The van der Waals surface area contributed by atoms with Crippen molar-refractivity contribution in [3.63, 3.8) is 0 Å². The first-order valence-corrected chi connectivity index (χ1v) is 7.02. The molecule has 0 saturated carbocycles. The van der Waals surface area contributed by atoms with Gasteiger partial charge in [0.1, 0.15) is 5.69 Å². The number of carbonyl (C=O) groups excluding carboxylic acids is 1. The van der Waals surface area contributed by atoms with E-state index < -0.39 is 0 Å². The zero-order chi connectivity index (χ0) is 15.2. The maximum atomic E-state index is 12.1. The monoisotopic (exact) mass is 285 g/mol. The fourth-order valence-electron chi connectivity index (χ4n) is 1.92. The summed E-state index contributed by atoms with van der Waals surface area (Å²) in [5.74, 6) is -0.277. The maximum Gasteiger partial charge on any atom is 0.271 e. The Balaban J connectivity index is 2.04. The molecule has 5 heteroatoms. The van der Waals surface area contributed by atoms with E-state index in [1.54, 1.807) is 0 Å². The molecule has 0 saturated heterocycles. The summed E-state index contributed by atoms with van der Waals surface area (Å²) in [4.78, 5) is 23.6. The van der Waals surface area contributed by atoms with Crippen LogP contribution in [-0.2, 0) is 13.1 Å². The van der Waals surface area contributed by atoms with Crippen LogP contribution < -0.4 is 10.9 Å². The fraction of sp³-hybridized carbons (Fsp3) is 0.312. The Labute approximate surface area is 123 Å². The molecule has 0 aliphatic rings. The SMILES string of the molecule is CCCn1nc(C(=O)NCc2ccc(C)cc2)ccc1=O. The largest absolute Gasteiger partial charge is 0.347 e. The molecule has 0 aliphatic heterocycles. The lowest BCUT2D eigenvalue weighted by Gasteiger charge is -2.07. The van der Waals surface area contributed by atoms with Crippen molar-refractivity contribution in [3.05, 3.63) is 63.6 Å². The number of rotatable bonds is 5. The van der Waals surface area contributed by atoms with Crippen LogP contribution in [0.4, 0.5) is 0 Å². The molecule has 0 bridgehead atoms. The Morgan fingerprint density at radius 2 is 1.90 bits per heavy atom. The van der Waals surface area contributed by atoms with Crippen LogP contribution >= 0.6 is 0 Å². The van der Waals surface area contributed by atoms with Gasteiger partial charge in [-0.1, -0.05) is 36.8 Å². The highest BCUT2D eigenvalue weighted by atomic mass is 16.2. The molecule has 2 aromatic rings. The molecule has 0 fully saturated rings. The number of carbonyl (C=O) groups is 1. The first-order chi connectivity index (χ1) is 10.1. The molecule has 0 spiro atoms. The van der Waals surface area contributed by atoms with Crippen molar-refractivity contribution in [2.75, 3.05) is 0 Å². The number of aryl methyl sites for hydroxylation is 2. The minimum Gasteiger partial charge on any atom is -0.347 e. The minimum atomic E-state index is -0.277. The zero-order valence-corrected chi connectivity index (χ0v) is 12.3. The predicted octanol–water partition coefficient (Wildman–Crippen LogP) is 1.89. The fourth-order valence-corrected chi connectivity index (χ4v) is 1.92. The van der Waals surface area contributed by atoms with E-state index in [9.17, 15) is 9.59 Å². The Kier molecular flexibility index (Phi) is 4.87. The second-order valence-corrected chi connectivity index (χ2v) is 4.95. The third-order valence-electron chi connectivity index (χ3n) is 3.11. The van der Waals surface area contributed by atoms with Crippen molar-refractivity contribution < 1.29 is 4.79 Å². The first kappa shape index (κ1) is 15.0. The Morgan fingerprint density at radius 3 is 2.57 bits per heavy atom. The van der Waals surface area contributed by atoms with Crippen molar-refractivity contribution in [2.45, 2.75) is 33.4 Å². The molecular weight excluding hydrogens is 266 g/mol. The molecule has 1 aromatic carbocycles. The van der Waals surface area contributed by atoms with E-state index in [0.717, 1.165) is 12.0 Å². The highest BCUT2D eigenvalue weighted by molar-refractivity contribution is 5.91. The lowest BCUT2D eigenvalue weighted by Crippen LogP contribution is -2.29. The summed E-state index contributed by atoms with van der Waals surface area (Å²) >= 11 is 0. The van der Waals surface area contributed by atoms with Crippen LogP contribution in [0.1, 0.15) is 35.0 Å². The van der Waals surface area contributed by atoms with Crippen molar-refractivity contribution in [2.24, 2.45) is 0 Å². The predicted molar refractivity (Wildman–Crippen MR) is 81.1 cm³/mol. The first-order valence-electron chi connectivity index (χ1n) is 7.02. The molecular formula is C16H19N3O2. The molecule has 1 aromatic heterocycles. The highest BCUT2D eigenvalue weighted by Gasteiger charge is 2.09. The summed E-state index contributed by atoms with van der Waals surface area (Å²) in [6.45, 7) is 4.92. The van der Waals surface area contributed by atoms with E-state index in [2.05, 4.69) is 10.4 Å². The third kappa shape index (κ3) is 4.02. The van der Waals surface area contributed by atoms with E-state index in [4.69, 9.17) is 0 Å². The van der Waals surface area contributed by atoms with Gasteiger partial charge >= 0.3 is 0 Å². The van der Waals surface area contributed by atoms with Gasteiger partial charge in [0.15, 0.2) is 0 Å². The lowest BCUT2D eigenvalue weighted by atomic mass is 10.1. The average Bonchev–Trinajstić information content (AvgIpc) is 2.49. The van der Waals surface area contributed by atoms with Gasteiger partial charge in [-0.3, -0.25) is 9.59 Å². The van der Waals surface area contributed by atoms with Gasteiger partial charge in [-0.2, -0.15) is 5.10 Å². The highest BCUT2D eigenvalue weighted by Crippen LogP contribution is 2.03. The van der Waals surface area contributed by atoms with Gasteiger partial charge in [-0.25, -0.2) is 4.68 Å². The molecule has 1 amide bonds. The van der Waals surface area contributed by atoms with Gasteiger partial charge in [0.05, 0.1) is 0 Å². The molecule has 0 radical (unpaired) electrons. The van der Waals surface area contributed by atoms with Crippen LogP contribution in [0.15, 0.2) is 41.2 Å². The Hall–Kier alpha value is -2.43. The second-order valence-electron chi connectivity index (χ2n) is 4.95. The molecule has 21 heavy (non-hydrogen) atoms. The number of hydrogen-bond acceptors (Lipinski definition) is 3. The summed E-state index contributed by atoms with van der Waals surface area (Å²) in [5.41, 5.74) is 2.27. The van der Waals surface area contributed by atoms with Crippen molar-refractivity contribution >= 4 is 5.91 Å². The van der Waals surface area contributed by atoms with Gasteiger partial charge < -0.3 is 5.32 Å². The van der Waals surface area contributed by atoms with Crippen LogP contribution in [0.2, 0.25) is 0 Å². The van der Waals surface area contributed by atoms with Gasteiger partial charge in [-0.15, -0.1) is 0 Å². The number of hydrogen-bond donors (Lipinski definition) is 1. The molecule has 0 unspecified atom stereocenters. The van der Waals surface area contributed by atoms with Crippen LogP contribution in [0.25, 0.3) is 0 Å². The minimum absolute atomic E-state index is 0.188. The van der Waals surface area contributed by atoms with Crippen molar-refractivity contribution in [3.8, 4) is 0 Å². The van der Waals surface area contributed by atoms with Crippen molar-refractivity contribution in [1.82, 2.24) is 15.1 Å². The van der Waals surface area contributed by atoms with Crippen molar-refractivity contribution in [1.29, 1.82) is 0 Å². The molecule has 2 rings (SSSR count). The summed E-state index contributed by atoms with van der Waals surface area (Å²) < 4.78 is 1.32. The Bertz CT molecular complexity index is 675. The number of nitrogens with one attached hydrogen (secondary N) is 1. The molecule has 1 N–H and O–H groups in total. The Morgan fingerprint density at radius 1 is 1.19 bits per heavy atom. The lowest BCUT2D eigenvalue weighted by molar-refractivity contribution is 0.0943. The summed E-state index contributed by atoms with van der Waals surface area (Å²) in [5, 5.41) is 6.89. The molecule has 110 valence electrons. The van der Waals surface area contributed by atoms with Crippen LogP contribution in [0.5, 0.6) is 0 Å². The molecule has 1 heterocycles. The van der Waals surface area contributed by atoms with Crippen LogP contribution in [0.3, 0.4) is 0 Å². The van der Waals surface area contributed by atoms with Gasteiger partial charge in [0, 0.05) is 19.2 Å². The summed E-state index contributed by atoms with van der Waals surface area (Å²) in [7, 11) is 0. The van der Waals surface area contributed by atoms with E-state index in [-0.39, 0.29) is 17.2 Å². The zero-order valence-electron chi connectivity index (χ0n) is 12.3. The molecule has 0 aliphatic carbocycles. The maximum absolute atomic E-state index is 12.1. The van der Waals surface area contributed by atoms with Gasteiger partial charge in [0.2, 0.25) is 0 Å². The van der Waals surface area contributed by atoms with Crippen LogP contribution in [0, 0.1) is 6.92 Å². The average molecular weight is 285 g/mol. The van der Waals surface area contributed by atoms with Gasteiger partial charge in [-0.05, 0) is 25.0 Å². The second kappa shape index (κ2) is 6.83. The van der Waals surface area contributed by atoms with Crippen LogP contribution in [-0.4, -0.2) is 15.7 Å². The molecule has 0 atom stereocenters. The van der Waals surface area contributed by atoms with E-state index >= 15 is 0 Å². The van der Waals surface area contributed by atoms with E-state index in [1.165, 1.54) is 22.4 Å². The number of aromatic nitrogens is 2. The van der Waals surface area contributed by atoms with Gasteiger partial charge in [0.25, 0.3) is 11.5 Å². The number of benzene rings is 1. The van der Waals surface area contributed by atoms with E-state index in [0.29, 0.717) is 13.1 Å². The third-order valence-corrected chi connectivity index (χ3v) is 3.11. The molecule has 5 nitrogen and oxygen atoms in total. The van der Waals surface area contributed by atoms with E-state index in [1.807, 2.05) is 38.1 Å². The number of nitrogens with zero attached hydrogens (tertiary/aromatic N) is 2. The topological polar surface area (TPSA) is 64.0 Å². The number of amides is 1. The normalized spacial score (nSPS) is 10.4. The standard InChI is InChI=1S/C16H19N3O2/c1-3-10-19-15(20)9-8-14(18-19)16(21)17-11-13-6-4-12(2)5-7-13/h4-9H,3,10-11H2,1-2H3,(H,17,21). The smallest absolute Gasteiger partial charge is 0.271 e.